The number of rotatable bonds is 2. The van der Waals surface area contributed by atoms with E-state index >= 15 is 0 Å². The molecule has 0 aliphatic rings. The van der Waals surface area contributed by atoms with Gasteiger partial charge in [-0.15, -0.1) is 0 Å². The van der Waals surface area contributed by atoms with E-state index in [2.05, 4.69) is 4.65 Å². The zero-order chi connectivity index (χ0) is 6.57. The van der Waals surface area contributed by atoms with Crippen molar-refractivity contribution in [3.8, 4) is 0 Å². The van der Waals surface area contributed by atoms with Crippen LogP contribution in [0.25, 0.3) is 0 Å². The maximum Gasteiger partial charge on any atom is 1.00 e. The minimum absolute atomic E-state index is 0. The van der Waals surface area contributed by atoms with Gasteiger partial charge in [-0.25, -0.2) is 0 Å². The van der Waals surface area contributed by atoms with Gasteiger partial charge in [0, 0.05) is 6.42 Å². The number of carbonyl (C=O) groups is 1. The maximum atomic E-state index is 10.1. The molecular formula is C3H8BLiO4. The summed E-state index contributed by atoms with van der Waals surface area (Å²) in [5.74, 6) is -0.625. The Morgan fingerprint density at radius 3 is 2.33 bits per heavy atom. The van der Waals surface area contributed by atoms with E-state index < -0.39 is 13.3 Å². The summed E-state index contributed by atoms with van der Waals surface area (Å²) in [7, 11) is -1.97. The van der Waals surface area contributed by atoms with Gasteiger partial charge >= 0.3 is 26.2 Å². The Kier molecular flexibility index (Phi) is 8.10. The molecule has 0 radical (unpaired) electrons. The molecule has 6 heteroatoms. The summed E-state index contributed by atoms with van der Waals surface area (Å²) in [5.41, 5.74) is 0. The van der Waals surface area contributed by atoms with Crippen molar-refractivity contribution in [1.29, 1.82) is 0 Å². The van der Waals surface area contributed by atoms with E-state index in [1.807, 2.05) is 0 Å². The topological polar surface area (TPSA) is 66.8 Å². The SMILES string of the molecule is CCC(=O)OB(O)O.[H-].[Li+]. The fourth-order valence-electron chi connectivity index (χ4n) is 0.201. The van der Waals surface area contributed by atoms with Crippen molar-refractivity contribution in [1.82, 2.24) is 0 Å². The second-order valence-corrected chi connectivity index (χ2v) is 1.17. The van der Waals surface area contributed by atoms with Crippen LogP contribution in [-0.2, 0) is 9.45 Å². The summed E-state index contributed by atoms with van der Waals surface area (Å²) in [4.78, 5) is 10.1. The largest absolute Gasteiger partial charge is 1.00 e. The zero-order valence-electron chi connectivity index (χ0n) is 6.50. The Labute approximate surface area is 67.0 Å². The first-order valence-electron chi connectivity index (χ1n) is 2.22. The van der Waals surface area contributed by atoms with Crippen molar-refractivity contribution < 1.29 is 39.8 Å². The van der Waals surface area contributed by atoms with Gasteiger partial charge in [0.2, 0.25) is 0 Å². The summed E-state index contributed by atoms with van der Waals surface area (Å²) in [6.07, 6.45) is 0.150. The Morgan fingerprint density at radius 2 is 2.22 bits per heavy atom. The summed E-state index contributed by atoms with van der Waals surface area (Å²) in [6, 6.07) is 0. The molecule has 0 aliphatic heterocycles. The Bertz CT molecular complexity index is 90.6. The van der Waals surface area contributed by atoms with Crippen molar-refractivity contribution in [2.24, 2.45) is 0 Å². The standard InChI is InChI=1S/C3H7BO4.Li.H/c1-2-3(5)8-4(6)7;;/h6-7H,2H2,1H3;;/q;+1;-1. The molecule has 0 heterocycles. The molecule has 0 saturated carbocycles. The predicted octanol–water partition coefficient (Wildman–Crippen LogP) is -3.97. The van der Waals surface area contributed by atoms with Crippen LogP contribution in [0.15, 0.2) is 0 Å². The minimum atomic E-state index is -1.97. The van der Waals surface area contributed by atoms with Crippen LogP contribution in [0.4, 0.5) is 0 Å². The van der Waals surface area contributed by atoms with Crippen LogP contribution in [0.5, 0.6) is 0 Å². The third-order valence-electron chi connectivity index (χ3n) is 0.526. The molecule has 0 unspecified atom stereocenters. The first-order valence-corrected chi connectivity index (χ1v) is 2.22. The number of hydrogen-bond donors (Lipinski definition) is 2. The average Bonchev–Trinajstić information content (AvgIpc) is 1.65. The van der Waals surface area contributed by atoms with Crippen LogP contribution in [-0.4, -0.2) is 23.3 Å². The van der Waals surface area contributed by atoms with Gasteiger partial charge in [-0.1, -0.05) is 6.92 Å². The van der Waals surface area contributed by atoms with E-state index in [-0.39, 0.29) is 26.7 Å². The molecule has 48 valence electrons. The molecule has 0 aromatic rings. The van der Waals surface area contributed by atoms with Gasteiger partial charge in [0.25, 0.3) is 5.97 Å². The molecular weight excluding hydrogens is 118 g/mol. The predicted molar refractivity (Wildman–Crippen MR) is 27.7 cm³/mol. The van der Waals surface area contributed by atoms with E-state index in [1.54, 1.807) is 6.92 Å². The van der Waals surface area contributed by atoms with E-state index in [1.165, 1.54) is 0 Å². The summed E-state index contributed by atoms with van der Waals surface area (Å²) < 4.78 is 3.87. The molecule has 0 aliphatic carbocycles. The molecule has 0 amide bonds. The molecule has 0 spiro atoms. The van der Waals surface area contributed by atoms with Gasteiger partial charge in [-0.3, -0.25) is 4.79 Å². The summed E-state index contributed by atoms with van der Waals surface area (Å²) in [6.45, 7) is 1.56. The third kappa shape index (κ3) is 8.05. The van der Waals surface area contributed by atoms with Crippen LogP contribution >= 0.6 is 0 Å². The van der Waals surface area contributed by atoms with E-state index in [4.69, 9.17) is 10.0 Å². The Hall–Kier alpha value is 0.0523. The minimum Gasteiger partial charge on any atom is -1.00 e. The van der Waals surface area contributed by atoms with Crippen LogP contribution in [0.3, 0.4) is 0 Å². The Morgan fingerprint density at radius 1 is 1.78 bits per heavy atom. The second kappa shape index (κ2) is 6.18. The smallest absolute Gasteiger partial charge is 1.00 e. The zero-order valence-corrected chi connectivity index (χ0v) is 5.50. The molecule has 0 aromatic carbocycles. The molecule has 0 atom stereocenters. The third-order valence-corrected chi connectivity index (χ3v) is 0.526. The van der Waals surface area contributed by atoms with Crippen LogP contribution < -0.4 is 18.9 Å². The average molecular weight is 126 g/mol. The maximum absolute atomic E-state index is 10.1. The van der Waals surface area contributed by atoms with Gasteiger partial charge in [-0.05, 0) is 0 Å². The molecule has 0 bridgehead atoms. The first kappa shape index (κ1) is 11.8. The molecule has 4 nitrogen and oxygen atoms in total. The molecule has 2 N–H and O–H groups in total. The van der Waals surface area contributed by atoms with E-state index in [0.717, 1.165) is 0 Å². The molecule has 9 heavy (non-hydrogen) atoms. The molecule has 0 fully saturated rings. The van der Waals surface area contributed by atoms with E-state index in [0.29, 0.717) is 0 Å². The van der Waals surface area contributed by atoms with Crippen LogP contribution in [0.1, 0.15) is 14.8 Å². The van der Waals surface area contributed by atoms with Gasteiger partial charge in [0.05, 0.1) is 0 Å². The monoisotopic (exact) mass is 126 g/mol. The van der Waals surface area contributed by atoms with Gasteiger partial charge in [-0.2, -0.15) is 0 Å². The van der Waals surface area contributed by atoms with Crippen molar-refractivity contribution in [2.45, 2.75) is 13.3 Å². The molecule has 0 aromatic heterocycles. The quantitative estimate of drug-likeness (QED) is 0.370. The van der Waals surface area contributed by atoms with Gasteiger partial charge < -0.3 is 16.1 Å². The van der Waals surface area contributed by atoms with Crippen molar-refractivity contribution >= 4 is 13.3 Å². The van der Waals surface area contributed by atoms with E-state index in [9.17, 15) is 4.79 Å². The normalized spacial score (nSPS) is 7.44. The summed E-state index contributed by atoms with van der Waals surface area (Å²) >= 11 is 0. The number of carbonyl (C=O) groups excluding carboxylic acids is 1. The van der Waals surface area contributed by atoms with Crippen LogP contribution in [0.2, 0.25) is 0 Å². The molecule has 0 rings (SSSR count). The van der Waals surface area contributed by atoms with Crippen molar-refractivity contribution in [3.05, 3.63) is 0 Å². The van der Waals surface area contributed by atoms with Crippen molar-refractivity contribution in [3.63, 3.8) is 0 Å². The fraction of sp³-hybridized carbons (Fsp3) is 0.667. The number of hydrogen-bond acceptors (Lipinski definition) is 4. The van der Waals surface area contributed by atoms with Gasteiger partial charge in [0.1, 0.15) is 0 Å². The second-order valence-electron chi connectivity index (χ2n) is 1.17. The van der Waals surface area contributed by atoms with Crippen molar-refractivity contribution in [2.75, 3.05) is 0 Å². The first-order chi connectivity index (χ1) is 3.66. The van der Waals surface area contributed by atoms with Crippen LogP contribution in [0, 0.1) is 0 Å². The molecule has 0 saturated heterocycles. The fourth-order valence-corrected chi connectivity index (χ4v) is 0.201. The summed E-state index contributed by atoms with van der Waals surface area (Å²) in [5, 5.41) is 15.9. The Balaban J connectivity index is -0.000000245. The van der Waals surface area contributed by atoms with Gasteiger partial charge in [0.15, 0.2) is 0 Å².